The lowest BCUT2D eigenvalue weighted by molar-refractivity contribution is -0.133. The van der Waals surface area contributed by atoms with E-state index in [9.17, 15) is 4.79 Å². The van der Waals surface area contributed by atoms with Gasteiger partial charge in [-0.1, -0.05) is 50.6 Å². The molecule has 2 rings (SSSR count). The second-order valence-electron chi connectivity index (χ2n) is 7.23. The third-order valence-electron chi connectivity index (χ3n) is 5.42. The number of nitrogens with zero attached hydrogens (tertiary/aromatic N) is 2. The molecule has 1 atom stereocenters. The Hall–Kier alpha value is -1.39. The van der Waals surface area contributed by atoms with Gasteiger partial charge in [0, 0.05) is 6.54 Å². The van der Waals surface area contributed by atoms with Crippen LogP contribution in [0.4, 0.5) is 0 Å². The van der Waals surface area contributed by atoms with E-state index in [0.717, 1.165) is 70.4 Å². The predicted molar refractivity (Wildman–Crippen MR) is 104 cm³/mol. The van der Waals surface area contributed by atoms with Crippen molar-refractivity contribution in [1.82, 2.24) is 9.80 Å². The van der Waals surface area contributed by atoms with E-state index in [0.29, 0.717) is 0 Å². The molecule has 140 valence electrons. The zero-order valence-electron chi connectivity index (χ0n) is 16.0. The number of hydrogen-bond acceptors (Lipinski definition) is 3. The quantitative estimate of drug-likeness (QED) is 0.707. The maximum Gasteiger partial charge on any atom is 0.242 e. The Kier molecular flexibility index (Phi) is 7.91. The number of nitrogens with two attached hydrogens (primary N) is 1. The lowest BCUT2D eigenvalue weighted by atomic mass is 9.82. The van der Waals surface area contributed by atoms with Crippen LogP contribution >= 0.6 is 0 Å². The average molecular weight is 346 g/mol. The van der Waals surface area contributed by atoms with Crippen LogP contribution in [0.1, 0.15) is 57.9 Å². The van der Waals surface area contributed by atoms with Crippen LogP contribution in [-0.4, -0.2) is 48.4 Å². The van der Waals surface area contributed by atoms with Crippen LogP contribution in [0.3, 0.4) is 0 Å². The highest BCUT2D eigenvalue weighted by Crippen LogP contribution is 2.35. The molecule has 1 aliphatic heterocycles. The maximum atomic E-state index is 12.8. The van der Waals surface area contributed by atoms with Gasteiger partial charge < -0.3 is 10.6 Å². The average Bonchev–Trinajstić information content (AvgIpc) is 2.64. The van der Waals surface area contributed by atoms with Gasteiger partial charge in [-0.2, -0.15) is 0 Å². The van der Waals surface area contributed by atoms with Gasteiger partial charge in [-0.15, -0.1) is 0 Å². The van der Waals surface area contributed by atoms with Crippen molar-refractivity contribution in [3.8, 4) is 0 Å². The summed E-state index contributed by atoms with van der Waals surface area (Å²) in [5.41, 5.74) is 6.44. The van der Waals surface area contributed by atoms with Gasteiger partial charge in [0.2, 0.25) is 5.91 Å². The molecule has 1 unspecified atom stereocenters. The standard InChI is InChI=1S/C21H35N3O/c1-3-14-23(15-4-2)18-13-21(20(22)25,19-11-7-5-8-12-19)24-16-9-6-10-17-24/h5,7-8,11-12H,3-4,6,9-10,13-18H2,1-2H3,(H2,22,25). The highest BCUT2D eigenvalue weighted by molar-refractivity contribution is 5.86. The zero-order valence-corrected chi connectivity index (χ0v) is 16.0. The normalized spacial score (nSPS) is 18.2. The van der Waals surface area contributed by atoms with Gasteiger partial charge in [0.1, 0.15) is 5.54 Å². The van der Waals surface area contributed by atoms with Crippen molar-refractivity contribution < 1.29 is 4.79 Å². The van der Waals surface area contributed by atoms with Gasteiger partial charge in [0.25, 0.3) is 0 Å². The molecule has 1 aromatic rings. The monoisotopic (exact) mass is 345 g/mol. The van der Waals surface area contributed by atoms with Gasteiger partial charge in [-0.05, 0) is 63.8 Å². The van der Waals surface area contributed by atoms with Crippen LogP contribution in [0.25, 0.3) is 0 Å². The number of piperidine rings is 1. The van der Waals surface area contributed by atoms with Crippen molar-refractivity contribution in [3.05, 3.63) is 35.9 Å². The van der Waals surface area contributed by atoms with Crippen LogP contribution in [-0.2, 0) is 10.3 Å². The molecule has 1 saturated heterocycles. The summed E-state index contributed by atoms with van der Waals surface area (Å²) in [6.07, 6.45) is 6.59. The lowest BCUT2D eigenvalue weighted by Crippen LogP contribution is -2.57. The number of carbonyl (C=O) groups is 1. The number of hydrogen-bond donors (Lipinski definition) is 1. The first kappa shape index (κ1) is 19.9. The molecule has 0 spiro atoms. The van der Waals surface area contributed by atoms with Gasteiger partial charge in [-0.25, -0.2) is 0 Å². The fourth-order valence-electron chi connectivity index (χ4n) is 4.18. The third kappa shape index (κ3) is 4.83. The van der Waals surface area contributed by atoms with E-state index in [-0.39, 0.29) is 5.91 Å². The molecule has 0 aliphatic carbocycles. The van der Waals surface area contributed by atoms with E-state index in [4.69, 9.17) is 5.73 Å². The summed E-state index contributed by atoms with van der Waals surface area (Å²) in [7, 11) is 0. The van der Waals surface area contributed by atoms with E-state index in [2.05, 4.69) is 35.8 Å². The zero-order chi connectivity index (χ0) is 18.1. The number of primary amides is 1. The van der Waals surface area contributed by atoms with Crippen molar-refractivity contribution in [2.45, 2.75) is 57.9 Å². The topological polar surface area (TPSA) is 49.6 Å². The third-order valence-corrected chi connectivity index (χ3v) is 5.42. The van der Waals surface area contributed by atoms with Crippen LogP contribution in [0.15, 0.2) is 30.3 Å². The number of rotatable bonds is 10. The molecular weight excluding hydrogens is 310 g/mol. The van der Waals surface area contributed by atoms with Crippen molar-refractivity contribution >= 4 is 5.91 Å². The molecular formula is C21H35N3O. The molecule has 0 bridgehead atoms. The molecule has 0 saturated carbocycles. The first-order valence-corrected chi connectivity index (χ1v) is 9.98. The molecule has 2 N–H and O–H groups in total. The number of amides is 1. The van der Waals surface area contributed by atoms with E-state index < -0.39 is 5.54 Å². The first-order chi connectivity index (χ1) is 12.1. The molecule has 4 heteroatoms. The van der Waals surface area contributed by atoms with Crippen molar-refractivity contribution in [1.29, 1.82) is 0 Å². The Morgan fingerprint density at radius 2 is 1.64 bits per heavy atom. The Morgan fingerprint density at radius 3 is 2.16 bits per heavy atom. The van der Waals surface area contributed by atoms with Crippen molar-refractivity contribution in [2.24, 2.45) is 5.73 Å². The fraction of sp³-hybridized carbons (Fsp3) is 0.667. The summed E-state index contributed by atoms with van der Waals surface area (Å²) in [6, 6.07) is 10.2. The Morgan fingerprint density at radius 1 is 1.04 bits per heavy atom. The molecule has 0 radical (unpaired) electrons. The first-order valence-electron chi connectivity index (χ1n) is 9.98. The van der Waals surface area contributed by atoms with Gasteiger partial charge in [-0.3, -0.25) is 9.69 Å². The van der Waals surface area contributed by atoms with Crippen LogP contribution < -0.4 is 5.73 Å². The van der Waals surface area contributed by atoms with Gasteiger partial charge >= 0.3 is 0 Å². The number of benzene rings is 1. The predicted octanol–water partition coefficient (Wildman–Crippen LogP) is 3.37. The molecule has 4 nitrogen and oxygen atoms in total. The van der Waals surface area contributed by atoms with Crippen molar-refractivity contribution in [3.63, 3.8) is 0 Å². The van der Waals surface area contributed by atoms with Crippen LogP contribution in [0.5, 0.6) is 0 Å². The maximum absolute atomic E-state index is 12.8. The molecule has 1 fully saturated rings. The smallest absolute Gasteiger partial charge is 0.242 e. The molecule has 1 aliphatic rings. The second-order valence-corrected chi connectivity index (χ2v) is 7.23. The molecule has 1 heterocycles. The minimum atomic E-state index is -0.679. The minimum absolute atomic E-state index is 0.200. The van der Waals surface area contributed by atoms with Crippen molar-refractivity contribution in [2.75, 3.05) is 32.7 Å². The molecule has 25 heavy (non-hydrogen) atoms. The van der Waals surface area contributed by atoms with E-state index in [1.54, 1.807) is 0 Å². The van der Waals surface area contributed by atoms with E-state index in [1.165, 1.54) is 6.42 Å². The lowest BCUT2D eigenvalue weighted by Gasteiger charge is -2.45. The Labute approximate surface area is 153 Å². The van der Waals surface area contributed by atoms with Gasteiger partial charge in [0.15, 0.2) is 0 Å². The summed E-state index contributed by atoms with van der Waals surface area (Å²) in [4.78, 5) is 17.6. The summed E-state index contributed by atoms with van der Waals surface area (Å²) < 4.78 is 0. The largest absolute Gasteiger partial charge is 0.368 e. The molecule has 1 amide bonds. The fourth-order valence-corrected chi connectivity index (χ4v) is 4.18. The van der Waals surface area contributed by atoms with Gasteiger partial charge in [0.05, 0.1) is 0 Å². The number of likely N-dealkylation sites (tertiary alicyclic amines) is 1. The summed E-state index contributed by atoms with van der Waals surface area (Å²) in [5, 5.41) is 0. The highest BCUT2D eigenvalue weighted by Gasteiger charge is 2.44. The number of carbonyl (C=O) groups excluding carboxylic acids is 1. The summed E-state index contributed by atoms with van der Waals surface area (Å²) >= 11 is 0. The van der Waals surface area contributed by atoms with Crippen LogP contribution in [0.2, 0.25) is 0 Å². The SMILES string of the molecule is CCCN(CCC)CCC(C(N)=O)(c1ccccc1)N1CCCCC1. The Balaban J connectivity index is 2.31. The van der Waals surface area contributed by atoms with E-state index >= 15 is 0 Å². The van der Waals surface area contributed by atoms with E-state index in [1.807, 2.05) is 18.2 Å². The van der Waals surface area contributed by atoms with Crippen LogP contribution in [0, 0.1) is 0 Å². The second kappa shape index (κ2) is 9.93. The minimum Gasteiger partial charge on any atom is -0.368 e. The molecule has 1 aromatic carbocycles. The highest BCUT2D eigenvalue weighted by atomic mass is 16.1. The summed E-state index contributed by atoms with van der Waals surface area (Å²) in [5.74, 6) is -0.200. The molecule has 0 aromatic heterocycles. The Bertz CT molecular complexity index is 507. The summed E-state index contributed by atoms with van der Waals surface area (Å²) in [6.45, 7) is 9.42.